The van der Waals surface area contributed by atoms with Crippen molar-refractivity contribution in [2.45, 2.75) is 23.7 Å². The number of morpholine rings is 1. The number of anilines is 2. The normalized spacial score (nSPS) is 16.8. The van der Waals surface area contributed by atoms with Crippen LogP contribution in [0.4, 0.5) is 11.4 Å². The summed E-state index contributed by atoms with van der Waals surface area (Å²) in [4.78, 5) is 16.2. The maximum absolute atomic E-state index is 13.2. The highest BCUT2D eigenvalue weighted by atomic mass is 35.5. The third-order valence-electron chi connectivity index (χ3n) is 5.29. The number of benzene rings is 2. The van der Waals surface area contributed by atoms with Crippen LogP contribution in [0.25, 0.3) is 10.9 Å². The molecule has 1 aromatic heterocycles. The molecule has 0 radical (unpaired) electrons. The lowest BCUT2D eigenvalue weighted by atomic mass is 10.1. The van der Waals surface area contributed by atoms with E-state index in [-0.39, 0.29) is 17.2 Å². The Morgan fingerprint density at radius 3 is 2.75 bits per heavy atom. The number of sulfone groups is 1. The number of nitrogens with zero attached hydrogens (tertiary/aromatic N) is 1. The number of aromatic nitrogens is 1. The van der Waals surface area contributed by atoms with E-state index in [1.165, 1.54) is 6.07 Å². The SMILES string of the molecule is CCc1ccc(Nc2cc(S(=O)(=O)C3COCCN3)nc3ccc(Cl)cc23)c(C(=O)O)c1. The van der Waals surface area contributed by atoms with Gasteiger partial charge in [0, 0.05) is 17.0 Å². The maximum atomic E-state index is 13.2. The molecule has 3 N–H and O–H groups in total. The molecule has 0 spiro atoms. The summed E-state index contributed by atoms with van der Waals surface area (Å²) in [6.45, 7) is 2.82. The van der Waals surface area contributed by atoms with Crippen LogP contribution in [-0.2, 0) is 21.0 Å². The number of fused-ring (bicyclic) bond motifs is 1. The van der Waals surface area contributed by atoms with Gasteiger partial charge in [0.25, 0.3) is 0 Å². The monoisotopic (exact) mass is 475 g/mol. The number of hydrogen-bond acceptors (Lipinski definition) is 7. The van der Waals surface area contributed by atoms with Gasteiger partial charge in [-0.1, -0.05) is 24.6 Å². The smallest absolute Gasteiger partial charge is 0.337 e. The number of ether oxygens (including phenoxy) is 1. The molecule has 8 nitrogen and oxygen atoms in total. The van der Waals surface area contributed by atoms with Gasteiger partial charge in [-0.15, -0.1) is 0 Å². The molecule has 2 heterocycles. The molecule has 168 valence electrons. The number of aromatic carboxylic acids is 1. The van der Waals surface area contributed by atoms with Gasteiger partial charge in [-0.05, 0) is 48.4 Å². The molecule has 1 unspecified atom stereocenters. The molecular formula is C22H22ClN3O5S. The Bertz CT molecular complexity index is 1290. The quantitative estimate of drug-likeness (QED) is 0.495. The minimum Gasteiger partial charge on any atom is -0.478 e. The third kappa shape index (κ3) is 4.42. The molecule has 10 heteroatoms. The van der Waals surface area contributed by atoms with Gasteiger partial charge in [0.05, 0.1) is 35.7 Å². The summed E-state index contributed by atoms with van der Waals surface area (Å²) in [6.07, 6.45) is 0.688. The third-order valence-corrected chi connectivity index (χ3v) is 7.37. The second-order valence-electron chi connectivity index (χ2n) is 7.40. The molecule has 0 saturated carbocycles. The summed E-state index contributed by atoms with van der Waals surface area (Å²) in [5.74, 6) is -1.09. The molecule has 1 atom stereocenters. The summed E-state index contributed by atoms with van der Waals surface area (Å²) < 4.78 is 31.7. The van der Waals surface area contributed by atoms with Crippen LogP contribution >= 0.6 is 11.6 Å². The molecular weight excluding hydrogens is 454 g/mol. The van der Waals surface area contributed by atoms with E-state index >= 15 is 0 Å². The predicted molar refractivity (Wildman–Crippen MR) is 123 cm³/mol. The fourth-order valence-electron chi connectivity index (χ4n) is 3.55. The minimum atomic E-state index is -3.85. The van der Waals surface area contributed by atoms with Crippen LogP contribution in [0.5, 0.6) is 0 Å². The minimum absolute atomic E-state index is 0.0209. The number of carbonyl (C=O) groups is 1. The van der Waals surface area contributed by atoms with Crippen molar-refractivity contribution in [3.63, 3.8) is 0 Å². The van der Waals surface area contributed by atoms with Crippen molar-refractivity contribution in [3.05, 3.63) is 58.6 Å². The van der Waals surface area contributed by atoms with E-state index in [1.54, 1.807) is 30.3 Å². The van der Waals surface area contributed by atoms with E-state index in [0.29, 0.717) is 46.9 Å². The summed E-state index contributed by atoms with van der Waals surface area (Å²) >= 11 is 6.17. The Kier molecular flexibility index (Phi) is 6.34. The van der Waals surface area contributed by atoms with Crippen molar-refractivity contribution < 1.29 is 23.1 Å². The highest BCUT2D eigenvalue weighted by molar-refractivity contribution is 7.92. The maximum Gasteiger partial charge on any atom is 0.337 e. The van der Waals surface area contributed by atoms with Crippen molar-refractivity contribution >= 4 is 49.7 Å². The van der Waals surface area contributed by atoms with Crippen LogP contribution in [-0.4, -0.2) is 49.6 Å². The first-order valence-corrected chi connectivity index (χ1v) is 12.0. The highest BCUT2D eigenvalue weighted by Gasteiger charge is 2.31. The number of nitrogens with one attached hydrogen (secondary N) is 2. The van der Waals surface area contributed by atoms with E-state index in [2.05, 4.69) is 15.6 Å². The molecule has 4 rings (SSSR count). The van der Waals surface area contributed by atoms with Gasteiger partial charge in [0.2, 0.25) is 9.84 Å². The van der Waals surface area contributed by atoms with Gasteiger partial charge in [-0.25, -0.2) is 18.2 Å². The predicted octanol–water partition coefficient (Wildman–Crippen LogP) is 3.61. The van der Waals surface area contributed by atoms with Crippen LogP contribution in [0.15, 0.2) is 47.5 Å². The number of pyridine rings is 1. The largest absolute Gasteiger partial charge is 0.478 e. The molecule has 0 bridgehead atoms. The van der Waals surface area contributed by atoms with Gasteiger partial charge in [-0.3, -0.25) is 5.32 Å². The lowest BCUT2D eigenvalue weighted by Crippen LogP contribution is -2.46. The van der Waals surface area contributed by atoms with Crippen molar-refractivity contribution in [2.24, 2.45) is 0 Å². The average Bonchev–Trinajstić information content (AvgIpc) is 2.79. The van der Waals surface area contributed by atoms with Gasteiger partial charge in [0.1, 0.15) is 5.37 Å². The van der Waals surface area contributed by atoms with Gasteiger partial charge in [-0.2, -0.15) is 0 Å². The van der Waals surface area contributed by atoms with E-state index < -0.39 is 21.2 Å². The molecule has 0 amide bonds. The second-order valence-corrected chi connectivity index (χ2v) is 9.91. The molecule has 3 aromatic rings. The lowest BCUT2D eigenvalue weighted by molar-refractivity contribution is 0.0698. The van der Waals surface area contributed by atoms with Crippen molar-refractivity contribution in [2.75, 3.05) is 25.1 Å². The Morgan fingerprint density at radius 2 is 2.06 bits per heavy atom. The molecule has 1 saturated heterocycles. The van der Waals surface area contributed by atoms with Gasteiger partial charge in [0.15, 0.2) is 5.03 Å². The molecule has 1 fully saturated rings. The summed E-state index contributed by atoms with van der Waals surface area (Å²) in [6, 6.07) is 11.4. The molecule has 1 aliphatic rings. The molecule has 1 aliphatic heterocycles. The van der Waals surface area contributed by atoms with Crippen molar-refractivity contribution in [3.8, 4) is 0 Å². The Balaban J connectivity index is 1.85. The first kappa shape index (κ1) is 22.5. The molecule has 0 aliphatic carbocycles. The highest BCUT2D eigenvalue weighted by Crippen LogP contribution is 2.32. The number of carboxylic acids is 1. The fraction of sp³-hybridized carbons (Fsp3) is 0.273. The van der Waals surface area contributed by atoms with E-state index in [0.717, 1.165) is 5.56 Å². The van der Waals surface area contributed by atoms with Crippen LogP contribution in [0.2, 0.25) is 5.02 Å². The van der Waals surface area contributed by atoms with Gasteiger partial charge >= 0.3 is 5.97 Å². The first-order valence-electron chi connectivity index (χ1n) is 10.1. The van der Waals surface area contributed by atoms with Crippen molar-refractivity contribution in [1.82, 2.24) is 10.3 Å². The summed E-state index contributed by atoms with van der Waals surface area (Å²) in [7, 11) is -3.85. The summed E-state index contributed by atoms with van der Waals surface area (Å²) in [5.41, 5.74) is 2.10. The average molecular weight is 476 g/mol. The van der Waals surface area contributed by atoms with Crippen molar-refractivity contribution in [1.29, 1.82) is 0 Å². The second kappa shape index (κ2) is 9.03. The zero-order valence-electron chi connectivity index (χ0n) is 17.3. The number of rotatable bonds is 6. The van der Waals surface area contributed by atoms with E-state index in [1.807, 2.05) is 13.0 Å². The first-order chi connectivity index (χ1) is 15.3. The van der Waals surface area contributed by atoms with E-state index in [4.69, 9.17) is 16.3 Å². The van der Waals surface area contributed by atoms with E-state index in [9.17, 15) is 18.3 Å². The fourth-order valence-corrected chi connectivity index (χ4v) is 5.14. The summed E-state index contributed by atoms with van der Waals surface area (Å²) in [5, 5.41) is 15.7. The Labute approximate surface area is 190 Å². The number of carboxylic acid groups (broad SMARTS) is 1. The topological polar surface area (TPSA) is 118 Å². The number of hydrogen-bond donors (Lipinski definition) is 3. The molecule has 2 aromatic carbocycles. The van der Waals surface area contributed by atoms with Crippen LogP contribution < -0.4 is 10.6 Å². The lowest BCUT2D eigenvalue weighted by Gasteiger charge is -2.24. The van der Waals surface area contributed by atoms with Crippen LogP contribution in [0, 0.1) is 0 Å². The Morgan fingerprint density at radius 1 is 1.25 bits per heavy atom. The van der Waals surface area contributed by atoms with Crippen LogP contribution in [0.3, 0.4) is 0 Å². The van der Waals surface area contributed by atoms with Crippen LogP contribution in [0.1, 0.15) is 22.8 Å². The number of halogens is 1. The molecule has 32 heavy (non-hydrogen) atoms. The zero-order chi connectivity index (χ0) is 22.9. The number of aryl methyl sites for hydroxylation is 1. The Hall–Kier alpha value is -2.72. The van der Waals surface area contributed by atoms with Gasteiger partial charge < -0.3 is 15.2 Å². The standard InChI is InChI=1S/C22H22ClN3O5S/c1-2-13-3-5-18(16(9-13)22(27)28)25-19-11-20(26-17-6-4-14(23)10-15(17)19)32(29,30)21-12-31-8-7-24-21/h3-6,9-11,21,24H,2,7-8,12H2,1H3,(H,25,26)(H,27,28). The zero-order valence-corrected chi connectivity index (χ0v) is 18.8.